The Morgan fingerprint density at radius 1 is 1.19 bits per heavy atom. The van der Waals surface area contributed by atoms with Gasteiger partial charge in [-0.25, -0.2) is 0 Å². The van der Waals surface area contributed by atoms with Crippen molar-refractivity contribution in [3.8, 4) is 0 Å². The number of nitrogens with zero attached hydrogens (tertiary/aromatic N) is 2. The number of hydrogen-bond acceptors (Lipinski definition) is 2. The summed E-state index contributed by atoms with van der Waals surface area (Å²) in [6.45, 7) is 5.39. The van der Waals surface area contributed by atoms with Crippen LogP contribution in [0.1, 0.15) is 57.4 Å². The monoisotopic (exact) mass is 551 g/mol. The number of carbonyl (C=O) groups excluding carboxylic acids is 1. The van der Waals surface area contributed by atoms with E-state index in [0.717, 1.165) is 64.2 Å². The lowest BCUT2D eigenvalue weighted by Crippen LogP contribution is -2.45. The molecule has 176 valence electrons. The molecule has 0 radical (unpaired) electrons. The van der Waals surface area contributed by atoms with E-state index < -0.39 is 0 Å². The number of rotatable bonds is 7. The largest absolute Gasteiger partial charge is 0.361 e. The van der Waals surface area contributed by atoms with Crippen LogP contribution >= 0.6 is 24.0 Å². The van der Waals surface area contributed by atoms with Crippen LogP contribution in [0.25, 0.3) is 10.9 Å². The number of H-pyrrole nitrogens is 1. The molecule has 2 aromatic rings. The third kappa shape index (κ3) is 6.39. The van der Waals surface area contributed by atoms with E-state index >= 15 is 0 Å². The first kappa shape index (κ1) is 24.9. The molecule has 1 aromatic heterocycles. The van der Waals surface area contributed by atoms with E-state index in [1.165, 1.54) is 35.7 Å². The molecule has 1 unspecified atom stereocenters. The number of amides is 1. The fourth-order valence-electron chi connectivity index (χ4n) is 5.00. The van der Waals surface area contributed by atoms with Gasteiger partial charge in [-0.1, -0.05) is 37.5 Å². The molecule has 4 rings (SSSR count). The Morgan fingerprint density at radius 2 is 2.00 bits per heavy atom. The zero-order valence-electron chi connectivity index (χ0n) is 19.2. The fraction of sp³-hybridized carbons (Fsp3) is 0.600. The first-order valence-electron chi connectivity index (χ1n) is 12.1. The van der Waals surface area contributed by atoms with Crippen molar-refractivity contribution < 1.29 is 4.79 Å². The first-order chi connectivity index (χ1) is 15.2. The summed E-state index contributed by atoms with van der Waals surface area (Å²) in [4.78, 5) is 23.0. The molecule has 0 bridgehead atoms. The number of aliphatic imine (C=N–C) groups is 1. The molecular weight excluding hydrogens is 513 g/mol. The van der Waals surface area contributed by atoms with E-state index in [4.69, 9.17) is 4.99 Å². The number of carbonyl (C=O) groups is 1. The van der Waals surface area contributed by atoms with Gasteiger partial charge in [0, 0.05) is 55.2 Å². The van der Waals surface area contributed by atoms with Gasteiger partial charge in [-0.3, -0.25) is 9.79 Å². The third-order valence-electron chi connectivity index (χ3n) is 6.69. The Balaban J connectivity index is 0.00000289. The predicted molar refractivity (Wildman–Crippen MR) is 143 cm³/mol. The molecule has 0 spiro atoms. The lowest BCUT2D eigenvalue weighted by Gasteiger charge is -2.26. The minimum absolute atomic E-state index is 0. The Labute approximate surface area is 209 Å². The standard InChI is InChI=1S/C25H37N5O.HI/c1-2-26-25(27-15-8-11-20-17-28-23-13-7-6-12-22(20)23)29-21-14-16-30(18-21)24(31)19-9-4-3-5-10-19;/h6-7,12-13,17,19,21,28H,2-5,8-11,14-16,18H2,1H3,(H2,26,27,29);1H. The van der Waals surface area contributed by atoms with Crippen molar-refractivity contribution in [2.45, 2.75) is 64.3 Å². The van der Waals surface area contributed by atoms with E-state index in [2.05, 4.69) is 57.9 Å². The highest BCUT2D eigenvalue weighted by atomic mass is 127. The van der Waals surface area contributed by atoms with Crippen LogP contribution in [0.3, 0.4) is 0 Å². The van der Waals surface area contributed by atoms with Crippen LogP contribution in [0.4, 0.5) is 0 Å². The van der Waals surface area contributed by atoms with E-state index in [1.54, 1.807) is 0 Å². The molecule has 1 aliphatic heterocycles. The minimum Gasteiger partial charge on any atom is -0.361 e. The molecule has 1 atom stereocenters. The van der Waals surface area contributed by atoms with E-state index in [-0.39, 0.29) is 29.9 Å². The number of nitrogens with one attached hydrogen (secondary N) is 3. The molecule has 3 N–H and O–H groups in total. The predicted octanol–water partition coefficient (Wildman–Crippen LogP) is 4.45. The second kappa shape index (κ2) is 12.5. The summed E-state index contributed by atoms with van der Waals surface area (Å²) in [6, 6.07) is 8.74. The van der Waals surface area contributed by atoms with Crippen LogP contribution in [0, 0.1) is 5.92 Å². The molecule has 2 aliphatic rings. The summed E-state index contributed by atoms with van der Waals surface area (Å²) in [5.41, 5.74) is 2.56. The smallest absolute Gasteiger partial charge is 0.225 e. The average molecular weight is 552 g/mol. The van der Waals surface area contributed by atoms with Gasteiger partial charge in [0.2, 0.25) is 5.91 Å². The number of halogens is 1. The van der Waals surface area contributed by atoms with Crippen LogP contribution in [0.15, 0.2) is 35.5 Å². The number of aromatic nitrogens is 1. The molecule has 1 saturated heterocycles. The summed E-state index contributed by atoms with van der Waals surface area (Å²) in [6.07, 6.45) is 11.0. The number of para-hydroxylation sites is 1. The van der Waals surface area contributed by atoms with Gasteiger partial charge in [-0.05, 0) is 50.7 Å². The molecule has 1 aromatic carbocycles. The second-order valence-corrected chi connectivity index (χ2v) is 8.97. The lowest BCUT2D eigenvalue weighted by atomic mass is 9.88. The normalized spacial score (nSPS) is 19.7. The van der Waals surface area contributed by atoms with E-state index in [1.807, 2.05) is 0 Å². The van der Waals surface area contributed by atoms with Crippen LogP contribution < -0.4 is 10.6 Å². The van der Waals surface area contributed by atoms with Crippen molar-refractivity contribution in [2.24, 2.45) is 10.9 Å². The number of likely N-dealkylation sites (tertiary alicyclic amines) is 1. The Bertz CT molecular complexity index is 889. The molecule has 1 aliphatic carbocycles. The van der Waals surface area contributed by atoms with Gasteiger partial charge >= 0.3 is 0 Å². The second-order valence-electron chi connectivity index (χ2n) is 8.97. The first-order valence-corrected chi connectivity index (χ1v) is 12.1. The van der Waals surface area contributed by atoms with E-state index in [9.17, 15) is 4.79 Å². The van der Waals surface area contributed by atoms with Crippen LogP contribution in [-0.4, -0.2) is 54.0 Å². The highest BCUT2D eigenvalue weighted by Crippen LogP contribution is 2.26. The zero-order chi connectivity index (χ0) is 21.5. The Kier molecular flexibility index (Phi) is 9.69. The Hall–Kier alpha value is -1.77. The highest BCUT2D eigenvalue weighted by molar-refractivity contribution is 14.0. The van der Waals surface area contributed by atoms with Crippen molar-refractivity contribution in [3.63, 3.8) is 0 Å². The van der Waals surface area contributed by atoms with Gasteiger partial charge < -0.3 is 20.5 Å². The average Bonchev–Trinajstić information content (AvgIpc) is 3.44. The molecule has 6 nitrogen and oxygen atoms in total. The number of benzene rings is 1. The number of guanidine groups is 1. The SMILES string of the molecule is CCNC(=NCCCc1c[nH]c2ccccc12)NC1CCN(C(=O)C2CCCCC2)C1.I. The molecule has 7 heteroatoms. The molecular formula is C25H38IN5O. The van der Waals surface area contributed by atoms with Crippen LogP contribution in [0.5, 0.6) is 0 Å². The third-order valence-corrected chi connectivity index (χ3v) is 6.69. The fourth-order valence-corrected chi connectivity index (χ4v) is 5.00. The van der Waals surface area contributed by atoms with Gasteiger partial charge in [0.1, 0.15) is 0 Å². The maximum absolute atomic E-state index is 12.8. The van der Waals surface area contributed by atoms with Crippen molar-refractivity contribution in [1.82, 2.24) is 20.5 Å². The van der Waals surface area contributed by atoms with Crippen molar-refractivity contribution in [1.29, 1.82) is 0 Å². The number of aromatic amines is 1. The summed E-state index contributed by atoms with van der Waals surface area (Å²) >= 11 is 0. The maximum atomic E-state index is 12.8. The van der Waals surface area contributed by atoms with Gasteiger partial charge in [-0.2, -0.15) is 0 Å². The van der Waals surface area contributed by atoms with Gasteiger partial charge in [0.05, 0.1) is 0 Å². The summed E-state index contributed by atoms with van der Waals surface area (Å²) in [5.74, 6) is 1.52. The molecule has 32 heavy (non-hydrogen) atoms. The van der Waals surface area contributed by atoms with Crippen molar-refractivity contribution in [3.05, 3.63) is 36.0 Å². The van der Waals surface area contributed by atoms with Gasteiger partial charge in [0.25, 0.3) is 0 Å². The maximum Gasteiger partial charge on any atom is 0.225 e. The summed E-state index contributed by atoms with van der Waals surface area (Å²) in [5, 5.41) is 8.25. The van der Waals surface area contributed by atoms with Gasteiger partial charge in [-0.15, -0.1) is 24.0 Å². The van der Waals surface area contributed by atoms with Crippen LogP contribution in [-0.2, 0) is 11.2 Å². The van der Waals surface area contributed by atoms with Crippen molar-refractivity contribution in [2.75, 3.05) is 26.2 Å². The lowest BCUT2D eigenvalue weighted by molar-refractivity contribution is -0.135. The van der Waals surface area contributed by atoms with E-state index in [0.29, 0.717) is 11.9 Å². The molecule has 2 heterocycles. The summed E-state index contributed by atoms with van der Waals surface area (Å²) in [7, 11) is 0. The molecule has 2 fully saturated rings. The number of hydrogen-bond donors (Lipinski definition) is 3. The zero-order valence-corrected chi connectivity index (χ0v) is 21.6. The summed E-state index contributed by atoms with van der Waals surface area (Å²) < 4.78 is 0. The van der Waals surface area contributed by atoms with Crippen molar-refractivity contribution >= 4 is 46.7 Å². The number of aryl methyl sites for hydroxylation is 1. The minimum atomic E-state index is 0. The molecule has 1 saturated carbocycles. The molecule has 1 amide bonds. The van der Waals surface area contributed by atoms with Crippen LogP contribution in [0.2, 0.25) is 0 Å². The quantitative estimate of drug-likeness (QED) is 0.206. The Morgan fingerprint density at radius 3 is 2.81 bits per heavy atom. The highest BCUT2D eigenvalue weighted by Gasteiger charge is 2.31. The number of fused-ring (bicyclic) bond motifs is 1. The topological polar surface area (TPSA) is 72.5 Å². The van der Waals surface area contributed by atoms with Gasteiger partial charge in [0.15, 0.2) is 5.96 Å².